The fourth-order valence-electron chi connectivity index (χ4n) is 3.16. The van der Waals surface area contributed by atoms with Crippen LogP contribution in [0.15, 0.2) is 63.9 Å². The second-order valence-corrected chi connectivity index (χ2v) is 8.53. The van der Waals surface area contributed by atoms with Crippen molar-refractivity contribution in [3.63, 3.8) is 0 Å². The van der Waals surface area contributed by atoms with E-state index in [1.807, 2.05) is 42.3 Å². The lowest BCUT2D eigenvalue weighted by Gasteiger charge is -2.11. The van der Waals surface area contributed by atoms with Crippen LogP contribution in [0, 0.1) is 0 Å². The molecular formula is C21H25N3O3S. The summed E-state index contributed by atoms with van der Waals surface area (Å²) in [6.45, 7) is 0.813. The van der Waals surface area contributed by atoms with E-state index in [0.717, 1.165) is 25.8 Å². The lowest BCUT2D eigenvalue weighted by molar-refractivity contribution is -0.116. The number of sulfonamides is 1. The minimum atomic E-state index is -3.79. The third kappa shape index (κ3) is 5.42. The van der Waals surface area contributed by atoms with Crippen LogP contribution in [-0.4, -0.2) is 38.7 Å². The second-order valence-electron chi connectivity index (χ2n) is 6.92. The third-order valence-corrected chi connectivity index (χ3v) is 5.99. The van der Waals surface area contributed by atoms with Crippen LogP contribution >= 0.6 is 0 Å². The van der Waals surface area contributed by atoms with E-state index in [1.165, 1.54) is 17.7 Å². The summed E-state index contributed by atoms with van der Waals surface area (Å²) in [5.74, 6) is 0.447. The minimum absolute atomic E-state index is 0.0855. The Kier molecular flexibility index (Phi) is 6.46. The number of likely N-dealkylation sites (tertiary alicyclic amines) is 1. The Morgan fingerprint density at radius 1 is 1.14 bits per heavy atom. The molecule has 0 saturated carbocycles. The summed E-state index contributed by atoms with van der Waals surface area (Å²) >= 11 is 0. The summed E-state index contributed by atoms with van der Waals surface area (Å²) in [7, 11) is -1.95. The first-order chi connectivity index (χ1) is 13.4. The normalized spacial score (nSPS) is 15.8. The third-order valence-electron chi connectivity index (χ3n) is 4.69. The molecule has 3 rings (SSSR count). The molecule has 1 amide bonds. The number of nitrogens with one attached hydrogen (secondary N) is 1. The monoisotopic (exact) mass is 399 g/mol. The van der Waals surface area contributed by atoms with Crippen molar-refractivity contribution in [2.24, 2.45) is 4.40 Å². The average Bonchev–Trinajstić information content (AvgIpc) is 3.07. The number of carbonyl (C=O) groups excluding carboxylic acids is 1. The average molecular weight is 400 g/mol. The van der Waals surface area contributed by atoms with Crippen LogP contribution in [-0.2, 0) is 21.2 Å². The number of hydrogen-bond donors (Lipinski definition) is 1. The quantitative estimate of drug-likeness (QED) is 0.773. The summed E-state index contributed by atoms with van der Waals surface area (Å²) in [5.41, 5.74) is 1.66. The topological polar surface area (TPSA) is 78.8 Å². The van der Waals surface area contributed by atoms with E-state index >= 15 is 0 Å². The molecule has 1 N–H and O–H groups in total. The number of amidine groups is 1. The lowest BCUT2D eigenvalue weighted by atomic mass is 10.1. The van der Waals surface area contributed by atoms with E-state index in [0.29, 0.717) is 24.4 Å². The van der Waals surface area contributed by atoms with Gasteiger partial charge in [0.15, 0.2) is 0 Å². The van der Waals surface area contributed by atoms with Crippen molar-refractivity contribution in [2.75, 3.05) is 18.9 Å². The van der Waals surface area contributed by atoms with Gasteiger partial charge in [-0.1, -0.05) is 36.4 Å². The second kappa shape index (κ2) is 9.01. The number of amides is 1. The van der Waals surface area contributed by atoms with Gasteiger partial charge >= 0.3 is 0 Å². The van der Waals surface area contributed by atoms with Crippen LogP contribution in [0.2, 0.25) is 0 Å². The zero-order valence-electron chi connectivity index (χ0n) is 16.0. The van der Waals surface area contributed by atoms with Crippen molar-refractivity contribution < 1.29 is 13.2 Å². The van der Waals surface area contributed by atoms with Gasteiger partial charge in [-0.25, -0.2) is 0 Å². The fraction of sp³-hybridized carbons (Fsp3) is 0.333. The van der Waals surface area contributed by atoms with Gasteiger partial charge in [0.25, 0.3) is 10.0 Å². The van der Waals surface area contributed by atoms with Crippen LogP contribution in [0.5, 0.6) is 0 Å². The number of carbonyl (C=O) groups is 1. The molecule has 0 atom stereocenters. The molecule has 0 bridgehead atoms. The van der Waals surface area contributed by atoms with Crippen LogP contribution in [0.1, 0.15) is 31.2 Å². The van der Waals surface area contributed by atoms with Crippen molar-refractivity contribution in [1.29, 1.82) is 0 Å². The zero-order chi connectivity index (χ0) is 20.0. The molecule has 0 radical (unpaired) electrons. The van der Waals surface area contributed by atoms with Gasteiger partial charge in [0, 0.05) is 32.1 Å². The van der Waals surface area contributed by atoms with Crippen molar-refractivity contribution in [3.05, 3.63) is 60.2 Å². The number of aryl methyl sites for hydroxylation is 1. The zero-order valence-corrected chi connectivity index (χ0v) is 16.8. The maximum atomic E-state index is 12.6. The Labute approximate surface area is 166 Å². The highest BCUT2D eigenvalue weighted by atomic mass is 32.2. The van der Waals surface area contributed by atoms with Crippen LogP contribution < -0.4 is 5.32 Å². The van der Waals surface area contributed by atoms with Gasteiger partial charge < -0.3 is 10.2 Å². The highest BCUT2D eigenvalue weighted by molar-refractivity contribution is 7.90. The van der Waals surface area contributed by atoms with E-state index in [-0.39, 0.29) is 10.8 Å². The molecular weight excluding hydrogens is 374 g/mol. The van der Waals surface area contributed by atoms with Gasteiger partial charge in [0.05, 0.1) is 4.90 Å². The molecule has 2 aromatic rings. The van der Waals surface area contributed by atoms with Crippen molar-refractivity contribution in [2.45, 2.75) is 37.0 Å². The van der Waals surface area contributed by atoms with Gasteiger partial charge in [-0.15, -0.1) is 4.40 Å². The molecule has 6 nitrogen and oxygen atoms in total. The van der Waals surface area contributed by atoms with E-state index < -0.39 is 10.0 Å². The first kappa shape index (κ1) is 20.1. The molecule has 0 spiro atoms. The van der Waals surface area contributed by atoms with E-state index in [2.05, 4.69) is 9.71 Å². The Morgan fingerprint density at radius 3 is 2.64 bits per heavy atom. The predicted molar refractivity (Wildman–Crippen MR) is 111 cm³/mol. The van der Waals surface area contributed by atoms with Gasteiger partial charge in [0.1, 0.15) is 5.84 Å². The maximum absolute atomic E-state index is 12.6. The van der Waals surface area contributed by atoms with E-state index in [4.69, 9.17) is 0 Å². The summed E-state index contributed by atoms with van der Waals surface area (Å²) in [4.78, 5) is 14.1. The molecule has 1 saturated heterocycles. The molecule has 0 aliphatic carbocycles. The first-order valence-electron chi connectivity index (χ1n) is 9.43. The Morgan fingerprint density at radius 2 is 1.93 bits per heavy atom. The SMILES string of the molecule is CN1CCC/C1=N\S(=O)(=O)c1cccc(NC(=O)CCCc2ccccc2)c1. The summed E-state index contributed by atoms with van der Waals surface area (Å²) in [6, 6.07) is 16.3. The summed E-state index contributed by atoms with van der Waals surface area (Å²) in [6.07, 6.45) is 3.50. The molecule has 1 aliphatic heterocycles. The standard InChI is InChI=1S/C21H25N3O3S/c1-24-15-7-13-20(24)23-28(26,27)19-12-6-11-18(16-19)22-21(25)14-5-10-17-8-3-2-4-9-17/h2-4,6,8-9,11-12,16H,5,7,10,13-15H2,1H3,(H,22,25)/b23-20+. The van der Waals surface area contributed by atoms with E-state index in [1.54, 1.807) is 12.1 Å². The predicted octanol–water partition coefficient (Wildman–Crippen LogP) is 3.46. The molecule has 28 heavy (non-hydrogen) atoms. The number of anilines is 1. The van der Waals surface area contributed by atoms with Crippen molar-refractivity contribution >= 4 is 27.5 Å². The molecule has 148 valence electrons. The molecule has 0 unspecified atom stereocenters. The van der Waals surface area contributed by atoms with Crippen LogP contribution in [0.25, 0.3) is 0 Å². The Balaban J connectivity index is 1.60. The Bertz CT molecular complexity index is 956. The van der Waals surface area contributed by atoms with Gasteiger partial charge in [-0.2, -0.15) is 8.42 Å². The number of rotatable bonds is 7. The molecule has 1 fully saturated rings. The van der Waals surface area contributed by atoms with E-state index in [9.17, 15) is 13.2 Å². The number of hydrogen-bond acceptors (Lipinski definition) is 3. The molecule has 2 aromatic carbocycles. The van der Waals surface area contributed by atoms with Gasteiger partial charge in [0.2, 0.25) is 5.91 Å². The molecule has 1 heterocycles. The molecule has 1 aliphatic rings. The van der Waals surface area contributed by atoms with Crippen molar-refractivity contribution in [1.82, 2.24) is 4.90 Å². The number of benzene rings is 2. The summed E-state index contributed by atoms with van der Waals surface area (Å²) < 4.78 is 29.1. The minimum Gasteiger partial charge on any atom is -0.362 e. The number of nitrogens with zero attached hydrogens (tertiary/aromatic N) is 2. The molecule has 7 heteroatoms. The highest BCUT2D eigenvalue weighted by Crippen LogP contribution is 2.20. The first-order valence-corrected chi connectivity index (χ1v) is 10.9. The highest BCUT2D eigenvalue weighted by Gasteiger charge is 2.20. The largest absolute Gasteiger partial charge is 0.362 e. The van der Waals surface area contributed by atoms with Crippen LogP contribution in [0.3, 0.4) is 0 Å². The van der Waals surface area contributed by atoms with Gasteiger partial charge in [-0.3, -0.25) is 4.79 Å². The van der Waals surface area contributed by atoms with Gasteiger partial charge in [-0.05, 0) is 43.0 Å². The Hall–Kier alpha value is -2.67. The maximum Gasteiger partial charge on any atom is 0.284 e. The molecule has 0 aromatic heterocycles. The fourth-order valence-corrected chi connectivity index (χ4v) is 4.30. The lowest BCUT2D eigenvalue weighted by Crippen LogP contribution is -2.20. The smallest absolute Gasteiger partial charge is 0.284 e. The van der Waals surface area contributed by atoms with Crippen LogP contribution in [0.4, 0.5) is 5.69 Å². The summed E-state index contributed by atoms with van der Waals surface area (Å²) in [5, 5.41) is 2.78. The van der Waals surface area contributed by atoms with Crippen molar-refractivity contribution in [3.8, 4) is 0 Å².